The molecule has 0 atom stereocenters. The predicted octanol–water partition coefficient (Wildman–Crippen LogP) is 2.11. The highest BCUT2D eigenvalue weighted by molar-refractivity contribution is 5.90. The average molecular weight is 240 g/mol. The zero-order valence-corrected chi connectivity index (χ0v) is 10.1. The van der Waals surface area contributed by atoms with Crippen LogP contribution in [0.4, 0.5) is 11.8 Å². The third-order valence-corrected chi connectivity index (χ3v) is 2.56. The third-order valence-electron chi connectivity index (χ3n) is 2.56. The first-order valence-corrected chi connectivity index (χ1v) is 5.62. The minimum atomic E-state index is 0.511. The van der Waals surface area contributed by atoms with Gasteiger partial charge in [0.25, 0.3) is 0 Å². The van der Waals surface area contributed by atoms with Gasteiger partial charge in [0.2, 0.25) is 5.95 Å². The van der Waals surface area contributed by atoms with Crippen LogP contribution in [0.15, 0.2) is 24.3 Å². The number of para-hydroxylation sites is 1. The van der Waals surface area contributed by atoms with Gasteiger partial charge >= 0.3 is 0 Å². The van der Waals surface area contributed by atoms with Crippen molar-refractivity contribution in [2.45, 2.75) is 13.8 Å². The Bertz CT molecular complexity index is 682. The molecule has 0 fully saturated rings. The van der Waals surface area contributed by atoms with Crippen LogP contribution >= 0.6 is 0 Å². The van der Waals surface area contributed by atoms with E-state index in [9.17, 15) is 0 Å². The Morgan fingerprint density at radius 1 is 1.00 bits per heavy atom. The molecule has 3 rings (SSSR count). The number of fused-ring (bicyclic) bond motifs is 1. The Kier molecular flexibility index (Phi) is 2.40. The number of nitrogens with zero attached hydrogens (tertiary/aromatic N) is 4. The first-order valence-electron chi connectivity index (χ1n) is 5.62. The molecule has 2 N–H and O–H groups in total. The number of H-pyrrole nitrogens is 1. The highest BCUT2D eigenvalue weighted by Gasteiger charge is 2.07. The monoisotopic (exact) mass is 240 g/mol. The second kappa shape index (κ2) is 4.06. The zero-order valence-electron chi connectivity index (χ0n) is 10.1. The summed E-state index contributed by atoms with van der Waals surface area (Å²) in [6, 6.07) is 7.88. The second-order valence-electron chi connectivity index (χ2n) is 4.00. The van der Waals surface area contributed by atoms with Crippen LogP contribution in [0.3, 0.4) is 0 Å². The van der Waals surface area contributed by atoms with Gasteiger partial charge in [-0.3, -0.25) is 5.10 Å². The molecular formula is C12H12N6. The number of anilines is 2. The Morgan fingerprint density at radius 3 is 2.50 bits per heavy atom. The molecule has 6 nitrogen and oxygen atoms in total. The van der Waals surface area contributed by atoms with Crippen LogP contribution in [-0.4, -0.2) is 25.1 Å². The van der Waals surface area contributed by atoms with Crippen LogP contribution in [0.1, 0.15) is 11.6 Å². The standard InChI is InChI=1S/C12H12N6/c1-7-13-8(2)15-12(14-7)16-11-9-5-3-4-6-10(9)17-18-11/h3-6H,1-2H3,(H2,13,14,15,16,17,18). The maximum Gasteiger partial charge on any atom is 0.231 e. The summed E-state index contributed by atoms with van der Waals surface area (Å²) in [6.45, 7) is 3.67. The molecule has 1 aromatic carbocycles. The van der Waals surface area contributed by atoms with Crippen molar-refractivity contribution in [2.24, 2.45) is 0 Å². The van der Waals surface area contributed by atoms with Crippen molar-refractivity contribution in [2.75, 3.05) is 5.32 Å². The van der Waals surface area contributed by atoms with E-state index in [1.807, 2.05) is 38.1 Å². The van der Waals surface area contributed by atoms with E-state index in [2.05, 4.69) is 30.5 Å². The van der Waals surface area contributed by atoms with Crippen molar-refractivity contribution in [3.05, 3.63) is 35.9 Å². The Morgan fingerprint density at radius 2 is 1.72 bits per heavy atom. The van der Waals surface area contributed by atoms with E-state index in [0.29, 0.717) is 17.6 Å². The van der Waals surface area contributed by atoms with Crippen molar-refractivity contribution >= 4 is 22.7 Å². The summed E-state index contributed by atoms with van der Waals surface area (Å²) < 4.78 is 0. The molecule has 0 bridgehead atoms. The molecule has 0 saturated carbocycles. The van der Waals surface area contributed by atoms with E-state index in [-0.39, 0.29) is 0 Å². The highest BCUT2D eigenvalue weighted by atomic mass is 15.2. The van der Waals surface area contributed by atoms with Crippen molar-refractivity contribution in [3.8, 4) is 0 Å². The SMILES string of the molecule is Cc1nc(C)nc(Nc2n[nH]c3ccccc23)n1. The number of nitrogens with one attached hydrogen (secondary N) is 2. The molecule has 0 radical (unpaired) electrons. The maximum absolute atomic E-state index is 4.23. The number of hydrogen-bond acceptors (Lipinski definition) is 5. The van der Waals surface area contributed by atoms with Gasteiger partial charge in [0, 0.05) is 5.39 Å². The van der Waals surface area contributed by atoms with Crippen molar-refractivity contribution < 1.29 is 0 Å². The van der Waals surface area contributed by atoms with E-state index in [1.54, 1.807) is 0 Å². The van der Waals surface area contributed by atoms with Gasteiger partial charge in [-0.15, -0.1) is 0 Å². The lowest BCUT2D eigenvalue weighted by Crippen LogP contribution is -2.03. The lowest BCUT2D eigenvalue weighted by molar-refractivity contribution is 0.926. The molecule has 0 saturated heterocycles. The molecule has 3 aromatic rings. The number of aryl methyl sites for hydroxylation is 2. The quantitative estimate of drug-likeness (QED) is 0.717. The van der Waals surface area contributed by atoms with Gasteiger partial charge in [0.15, 0.2) is 5.82 Å². The van der Waals surface area contributed by atoms with Crippen LogP contribution in [0.25, 0.3) is 10.9 Å². The molecule has 0 aliphatic heterocycles. The molecule has 0 unspecified atom stereocenters. The zero-order chi connectivity index (χ0) is 12.5. The summed E-state index contributed by atoms with van der Waals surface area (Å²) in [4.78, 5) is 12.6. The Balaban J connectivity index is 2.01. The molecule has 0 aliphatic carbocycles. The largest absolute Gasteiger partial charge is 0.307 e. The minimum absolute atomic E-state index is 0.511. The first-order chi connectivity index (χ1) is 8.72. The molecular weight excluding hydrogens is 228 g/mol. The van der Waals surface area contributed by atoms with E-state index < -0.39 is 0 Å². The average Bonchev–Trinajstić information content (AvgIpc) is 2.72. The normalized spacial score (nSPS) is 10.8. The lowest BCUT2D eigenvalue weighted by Gasteiger charge is -2.03. The Hall–Kier alpha value is -2.50. The number of benzene rings is 1. The summed E-state index contributed by atoms with van der Waals surface area (Å²) in [5.74, 6) is 2.60. The third kappa shape index (κ3) is 1.88. The van der Waals surface area contributed by atoms with Crippen molar-refractivity contribution in [3.63, 3.8) is 0 Å². The minimum Gasteiger partial charge on any atom is -0.307 e. The summed E-state index contributed by atoms with van der Waals surface area (Å²) in [6.07, 6.45) is 0. The lowest BCUT2D eigenvalue weighted by atomic mass is 10.2. The van der Waals surface area contributed by atoms with Gasteiger partial charge in [0.05, 0.1) is 5.52 Å². The highest BCUT2D eigenvalue weighted by Crippen LogP contribution is 2.21. The van der Waals surface area contributed by atoms with Gasteiger partial charge in [0.1, 0.15) is 11.6 Å². The van der Waals surface area contributed by atoms with Gasteiger partial charge in [-0.2, -0.15) is 15.1 Å². The molecule has 0 amide bonds. The van der Waals surface area contributed by atoms with Gasteiger partial charge in [-0.1, -0.05) is 12.1 Å². The van der Waals surface area contributed by atoms with Crippen LogP contribution in [0.5, 0.6) is 0 Å². The van der Waals surface area contributed by atoms with Gasteiger partial charge < -0.3 is 5.32 Å². The Labute approximate surface area is 104 Å². The van der Waals surface area contributed by atoms with Crippen LogP contribution < -0.4 is 5.32 Å². The second-order valence-corrected chi connectivity index (χ2v) is 4.00. The fourth-order valence-electron chi connectivity index (χ4n) is 1.84. The molecule has 0 aliphatic rings. The topological polar surface area (TPSA) is 79.4 Å². The van der Waals surface area contributed by atoms with Gasteiger partial charge in [-0.25, -0.2) is 4.98 Å². The van der Waals surface area contributed by atoms with Crippen LogP contribution in [-0.2, 0) is 0 Å². The molecule has 2 heterocycles. The van der Waals surface area contributed by atoms with Gasteiger partial charge in [-0.05, 0) is 26.0 Å². The predicted molar refractivity (Wildman–Crippen MR) is 68.7 cm³/mol. The van der Waals surface area contributed by atoms with E-state index in [0.717, 1.165) is 16.7 Å². The first kappa shape index (κ1) is 10.6. The number of aromatic nitrogens is 5. The van der Waals surface area contributed by atoms with E-state index in [1.165, 1.54) is 0 Å². The van der Waals surface area contributed by atoms with Crippen molar-refractivity contribution in [1.82, 2.24) is 25.1 Å². The molecule has 90 valence electrons. The van der Waals surface area contributed by atoms with E-state index in [4.69, 9.17) is 0 Å². The molecule has 18 heavy (non-hydrogen) atoms. The summed E-state index contributed by atoms with van der Waals surface area (Å²) in [5.41, 5.74) is 0.975. The fraction of sp³-hybridized carbons (Fsp3) is 0.167. The molecule has 6 heteroatoms. The fourth-order valence-corrected chi connectivity index (χ4v) is 1.84. The summed E-state index contributed by atoms with van der Waals surface area (Å²) in [7, 11) is 0. The maximum atomic E-state index is 4.23. The number of aromatic amines is 1. The molecule has 2 aromatic heterocycles. The smallest absolute Gasteiger partial charge is 0.231 e. The van der Waals surface area contributed by atoms with Crippen LogP contribution in [0.2, 0.25) is 0 Å². The molecule has 0 spiro atoms. The summed E-state index contributed by atoms with van der Waals surface area (Å²) >= 11 is 0. The van der Waals surface area contributed by atoms with E-state index >= 15 is 0 Å². The number of rotatable bonds is 2. The summed E-state index contributed by atoms with van der Waals surface area (Å²) in [5, 5.41) is 11.3. The number of hydrogen-bond donors (Lipinski definition) is 2. The van der Waals surface area contributed by atoms with Crippen molar-refractivity contribution in [1.29, 1.82) is 0 Å². The van der Waals surface area contributed by atoms with Crippen LogP contribution in [0, 0.1) is 13.8 Å².